The number of anilines is 1. The highest BCUT2D eigenvalue weighted by Gasteiger charge is 2.21. The molecule has 32 heavy (non-hydrogen) atoms. The Balaban J connectivity index is 1.82. The summed E-state index contributed by atoms with van der Waals surface area (Å²) in [6, 6.07) is 21.3. The van der Waals surface area contributed by atoms with Crippen molar-refractivity contribution in [2.75, 3.05) is 5.73 Å². The van der Waals surface area contributed by atoms with Crippen LogP contribution in [0.3, 0.4) is 0 Å². The Labute approximate surface area is 184 Å². The van der Waals surface area contributed by atoms with E-state index in [9.17, 15) is 21.4 Å². The molecule has 0 bridgehead atoms. The monoisotopic (exact) mass is 467 g/mol. The van der Waals surface area contributed by atoms with Crippen molar-refractivity contribution < 1.29 is 21.4 Å². The third kappa shape index (κ3) is 4.11. The summed E-state index contributed by atoms with van der Waals surface area (Å²) in [5, 5.41) is 9.29. The van der Waals surface area contributed by atoms with Crippen LogP contribution in [0.4, 0.5) is 17.1 Å². The molecule has 8 nitrogen and oxygen atoms in total. The molecular formula is C22H17N3O5S2. The van der Waals surface area contributed by atoms with Crippen LogP contribution in [0, 0.1) is 0 Å². The maximum absolute atomic E-state index is 13.1. The van der Waals surface area contributed by atoms with Crippen LogP contribution in [0.25, 0.3) is 10.8 Å². The van der Waals surface area contributed by atoms with Gasteiger partial charge in [0.15, 0.2) is 0 Å². The predicted octanol–water partition coefficient (Wildman–Crippen LogP) is 4.92. The van der Waals surface area contributed by atoms with Gasteiger partial charge in [-0.3, -0.25) is 4.55 Å². The summed E-state index contributed by atoms with van der Waals surface area (Å²) in [5.74, 6) is 0. The molecule has 4 rings (SSSR count). The van der Waals surface area contributed by atoms with Gasteiger partial charge < -0.3 is 5.73 Å². The van der Waals surface area contributed by atoms with Gasteiger partial charge in [-0.25, -0.2) is 8.42 Å². The van der Waals surface area contributed by atoms with Crippen LogP contribution in [0.1, 0.15) is 0 Å². The number of nitrogens with two attached hydrogens (primary N) is 1. The normalized spacial score (nSPS) is 12.4. The molecule has 0 aromatic heterocycles. The molecule has 0 aliphatic carbocycles. The first-order chi connectivity index (χ1) is 15.2. The molecule has 0 spiro atoms. The molecule has 0 saturated carbocycles. The van der Waals surface area contributed by atoms with Crippen molar-refractivity contribution in [1.29, 1.82) is 0 Å². The van der Waals surface area contributed by atoms with Gasteiger partial charge in [-0.2, -0.15) is 8.42 Å². The van der Waals surface area contributed by atoms with E-state index in [1.165, 1.54) is 48.5 Å². The number of hydrogen-bond acceptors (Lipinski definition) is 7. The Bertz CT molecular complexity index is 1570. The minimum atomic E-state index is -4.37. The van der Waals surface area contributed by atoms with Crippen molar-refractivity contribution in [3.05, 3.63) is 84.9 Å². The Kier molecular flexibility index (Phi) is 5.51. The van der Waals surface area contributed by atoms with Crippen LogP contribution >= 0.6 is 0 Å². The summed E-state index contributed by atoms with van der Waals surface area (Å²) in [7, 11) is -8.20. The smallest absolute Gasteiger partial charge is 0.294 e. The van der Waals surface area contributed by atoms with E-state index in [4.69, 9.17) is 5.73 Å². The molecule has 0 radical (unpaired) electrons. The molecule has 0 fully saturated rings. The molecule has 4 aromatic rings. The quantitative estimate of drug-likeness (QED) is 0.243. The van der Waals surface area contributed by atoms with Crippen LogP contribution in [0.2, 0.25) is 0 Å². The Morgan fingerprint density at radius 3 is 2.12 bits per heavy atom. The molecule has 0 aliphatic rings. The molecule has 10 heteroatoms. The summed E-state index contributed by atoms with van der Waals surface area (Å²) in [6.07, 6.45) is 0. The van der Waals surface area contributed by atoms with Crippen LogP contribution in [0.5, 0.6) is 0 Å². The summed E-state index contributed by atoms with van der Waals surface area (Å²) in [6.45, 7) is 0. The van der Waals surface area contributed by atoms with E-state index in [-0.39, 0.29) is 31.7 Å². The second-order valence-electron chi connectivity index (χ2n) is 6.85. The average Bonchev–Trinajstić information content (AvgIpc) is 2.78. The molecule has 0 atom stereocenters. The van der Waals surface area contributed by atoms with E-state index in [0.29, 0.717) is 10.8 Å². The second-order valence-corrected chi connectivity index (χ2v) is 10.2. The van der Waals surface area contributed by atoms with Gasteiger partial charge >= 0.3 is 0 Å². The van der Waals surface area contributed by atoms with Gasteiger partial charge in [0.2, 0.25) is 9.84 Å². The van der Waals surface area contributed by atoms with E-state index >= 15 is 0 Å². The first-order valence-electron chi connectivity index (χ1n) is 9.28. The van der Waals surface area contributed by atoms with Gasteiger partial charge in [0.25, 0.3) is 10.1 Å². The highest BCUT2D eigenvalue weighted by atomic mass is 32.2. The van der Waals surface area contributed by atoms with Crippen molar-refractivity contribution in [2.45, 2.75) is 14.7 Å². The molecule has 3 N–H and O–H groups in total. The highest BCUT2D eigenvalue weighted by Crippen LogP contribution is 2.36. The fourth-order valence-corrected chi connectivity index (χ4v) is 5.11. The zero-order valence-electron chi connectivity index (χ0n) is 16.5. The largest absolute Gasteiger partial charge is 0.397 e. The van der Waals surface area contributed by atoms with Crippen LogP contribution in [0.15, 0.2) is 110 Å². The minimum Gasteiger partial charge on any atom is -0.397 e. The van der Waals surface area contributed by atoms with Crippen molar-refractivity contribution in [2.24, 2.45) is 10.2 Å². The predicted molar refractivity (Wildman–Crippen MR) is 121 cm³/mol. The molecule has 0 unspecified atom stereocenters. The average molecular weight is 468 g/mol. The van der Waals surface area contributed by atoms with Gasteiger partial charge in [0.1, 0.15) is 11.4 Å². The zero-order valence-corrected chi connectivity index (χ0v) is 18.1. The Morgan fingerprint density at radius 2 is 1.41 bits per heavy atom. The van der Waals surface area contributed by atoms with E-state index < -0.39 is 20.0 Å². The lowest BCUT2D eigenvalue weighted by Crippen LogP contribution is -2.01. The fourth-order valence-electron chi connectivity index (χ4n) is 3.18. The molecular weight excluding hydrogens is 450 g/mol. The summed E-state index contributed by atoms with van der Waals surface area (Å²) < 4.78 is 58.3. The first-order valence-corrected chi connectivity index (χ1v) is 12.2. The lowest BCUT2D eigenvalue weighted by molar-refractivity contribution is 0.483. The number of benzene rings is 4. The van der Waals surface area contributed by atoms with Crippen molar-refractivity contribution >= 4 is 47.8 Å². The molecule has 162 valence electrons. The summed E-state index contributed by atoms with van der Waals surface area (Å²) in [4.78, 5) is -0.149. The third-order valence-electron chi connectivity index (χ3n) is 4.76. The van der Waals surface area contributed by atoms with Gasteiger partial charge in [0, 0.05) is 5.39 Å². The maximum Gasteiger partial charge on any atom is 0.294 e. The number of sulfone groups is 1. The molecule has 0 saturated heterocycles. The van der Waals surface area contributed by atoms with Crippen LogP contribution in [-0.4, -0.2) is 21.4 Å². The van der Waals surface area contributed by atoms with E-state index in [1.54, 1.807) is 36.4 Å². The summed E-state index contributed by atoms with van der Waals surface area (Å²) in [5.41, 5.74) is 6.69. The lowest BCUT2D eigenvalue weighted by atomic mass is 10.1. The highest BCUT2D eigenvalue weighted by molar-refractivity contribution is 7.91. The zero-order chi connectivity index (χ0) is 22.9. The number of fused-ring (bicyclic) bond motifs is 1. The standard InChI is InChI=1S/C22H17N3O5S2/c23-19-13-10-15-14-17(32(28,29)30)11-12-18(15)22(19)25-24-20-8-4-5-9-21(20)31(26,27)16-6-2-1-3-7-16/h1-14H,23H2,(H,28,29,30). The van der Waals surface area contributed by atoms with E-state index in [1.807, 2.05) is 0 Å². The number of nitrogens with zero attached hydrogens (tertiary/aromatic N) is 2. The number of rotatable bonds is 5. The Hall–Kier alpha value is -3.60. The minimum absolute atomic E-state index is 0.0116. The van der Waals surface area contributed by atoms with Crippen molar-refractivity contribution in [3.8, 4) is 0 Å². The molecule has 0 heterocycles. The van der Waals surface area contributed by atoms with E-state index in [2.05, 4.69) is 10.2 Å². The van der Waals surface area contributed by atoms with Crippen LogP contribution in [-0.2, 0) is 20.0 Å². The van der Waals surface area contributed by atoms with Gasteiger partial charge in [-0.15, -0.1) is 10.2 Å². The number of azo groups is 1. The third-order valence-corrected chi connectivity index (χ3v) is 7.42. The van der Waals surface area contributed by atoms with Gasteiger partial charge in [-0.1, -0.05) is 42.5 Å². The lowest BCUT2D eigenvalue weighted by Gasteiger charge is -2.08. The van der Waals surface area contributed by atoms with Crippen molar-refractivity contribution in [3.63, 3.8) is 0 Å². The molecule has 0 amide bonds. The van der Waals surface area contributed by atoms with Crippen molar-refractivity contribution in [1.82, 2.24) is 0 Å². The fraction of sp³-hybridized carbons (Fsp3) is 0. The first kappa shape index (κ1) is 21.6. The van der Waals surface area contributed by atoms with E-state index in [0.717, 1.165) is 0 Å². The second kappa shape index (κ2) is 8.15. The SMILES string of the molecule is Nc1ccc2cc(S(=O)(=O)O)ccc2c1N=Nc1ccccc1S(=O)(=O)c1ccccc1. The topological polar surface area (TPSA) is 139 Å². The van der Waals surface area contributed by atoms with Gasteiger partial charge in [0.05, 0.1) is 20.4 Å². The van der Waals surface area contributed by atoms with Crippen LogP contribution < -0.4 is 5.73 Å². The number of hydrogen-bond donors (Lipinski definition) is 2. The molecule has 0 aliphatic heterocycles. The Morgan fingerprint density at radius 1 is 0.719 bits per heavy atom. The van der Waals surface area contributed by atoms with Gasteiger partial charge in [-0.05, 0) is 47.9 Å². The molecule has 4 aromatic carbocycles. The maximum atomic E-state index is 13.1. The summed E-state index contributed by atoms with van der Waals surface area (Å²) >= 11 is 0. The number of nitrogen functional groups attached to an aromatic ring is 1.